The number of amides is 1. The maximum atomic E-state index is 12.1. The van der Waals surface area contributed by atoms with Crippen LogP contribution in [0.4, 0.5) is 5.69 Å². The maximum absolute atomic E-state index is 12.1. The molecular formula is C21H25NO4. The zero-order valence-electron chi connectivity index (χ0n) is 15.3. The Morgan fingerprint density at radius 1 is 1.12 bits per heavy atom. The smallest absolute Gasteiger partial charge is 0.262 e. The van der Waals surface area contributed by atoms with E-state index >= 15 is 0 Å². The van der Waals surface area contributed by atoms with Crippen molar-refractivity contribution in [2.75, 3.05) is 25.1 Å². The third-order valence-electron chi connectivity index (χ3n) is 4.35. The molecule has 1 aliphatic heterocycles. The fourth-order valence-corrected chi connectivity index (χ4v) is 2.96. The quantitative estimate of drug-likeness (QED) is 0.819. The molecule has 26 heavy (non-hydrogen) atoms. The largest absolute Gasteiger partial charge is 0.491 e. The van der Waals surface area contributed by atoms with Gasteiger partial charge in [-0.1, -0.05) is 18.2 Å². The average Bonchev–Trinajstić information content (AvgIpc) is 3.14. The SMILES string of the molecule is Cc1cccc(C)c1OCC(=O)Nc1ccc(OC[C@@H]2CCCO2)cc1. The van der Waals surface area contributed by atoms with Crippen LogP contribution in [0, 0.1) is 13.8 Å². The molecule has 0 unspecified atom stereocenters. The van der Waals surface area contributed by atoms with Gasteiger partial charge in [-0.2, -0.15) is 0 Å². The summed E-state index contributed by atoms with van der Waals surface area (Å²) in [4.78, 5) is 12.1. The second-order valence-electron chi connectivity index (χ2n) is 6.53. The van der Waals surface area contributed by atoms with Crippen LogP contribution in [0.1, 0.15) is 24.0 Å². The Morgan fingerprint density at radius 3 is 2.50 bits per heavy atom. The van der Waals surface area contributed by atoms with Gasteiger partial charge in [-0.3, -0.25) is 4.79 Å². The van der Waals surface area contributed by atoms with E-state index in [9.17, 15) is 4.79 Å². The van der Waals surface area contributed by atoms with Crippen molar-refractivity contribution in [3.05, 3.63) is 53.6 Å². The number of para-hydroxylation sites is 1. The van der Waals surface area contributed by atoms with Crippen LogP contribution in [0.25, 0.3) is 0 Å². The van der Waals surface area contributed by atoms with E-state index in [0.29, 0.717) is 12.3 Å². The van der Waals surface area contributed by atoms with E-state index in [1.54, 1.807) is 0 Å². The van der Waals surface area contributed by atoms with E-state index in [1.165, 1.54) is 0 Å². The summed E-state index contributed by atoms with van der Waals surface area (Å²) < 4.78 is 16.9. The zero-order chi connectivity index (χ0) is 18.4. The number of benzene rings is 2. The number of anilines is 1. The number of carbonyl (C=O) groups is 1. The lowest BCUT2D eigenvalue weighted by Gasteiger charge is -2.13. The number of aryl methyl sites for hydroxylation is 2. The van der Waals surface area contributed by atoms with E-state index in [1.807, 2.05) is 56.3 Å². The van der Waals surface area contributed by atoms with Crippen molar-refractivity contribution in [2.45, 2.75) is 32.8 Å². The molecule has 138 valence electrons. The Morgan fingerprint density at radius 2 is 1.85 bits per heavy atom. The molecular weight excluding hydrogens is 330 g/mol. The molecule has 1 atom stereocenters. The van der Waals surface area contributed by atoms with Gasteiger partial charge in [-0.15, -0.1) is 0 Å². The summed E-state index contributed by atoms with van der Waals surface area (Å²) in [6.07, 6.45) is 2.34. The van der Waals surface area contributed by atoms with Gasteiger partial charge in [0.15, 0.2) is 6.61 Å². The summed E-state index contributed by atoms with van der Waals surface area (Å²) in [5.41, 5.74) is 2.75. The van der Waals surface area contributed by atoms with Gasteiger partial charge in [0.1, 0.15) is 18.1 Å². The predicted octanol–water partition coefficient (Wildman–Crippen LogP) is 3.88. The van der Waals surface area contributed by atoms with Gasteiger partial charge in [-0.25, -0.2) is 0 Å². The van der Waals surface area contributed by atoms with Crippen LogP contribution >= 0.6 is 0 Å². The van der Waals surface area contributed by atoms with E-state index in [2.05, 4.69) is 5.32 Å². The van der Waals surface area contributed by atoms with Crippen LogP contribution in [0.15, 0.2) is 42.5 Å². The molecule has 5 nitrogen and oxygen atoms in total. The van der Waals surface area contributed by atoms with Gasteiger partial charge in [0, 0.05) is 12.3 Å². The van der Waals surface area contributed by atoms with Crippen LogP contribution in [-0.2, 0) is 9.53 Å². The second-order valence-corrected chi connectivity index (χ2v) is 6.53. The van der Waals surface area contributed by atoms with Crippen molar-refractivity contribution in [3.63, 3.8) is 0 Å². The minimum atomic E-state index is -0.194. The van der Waals surface area contributed by atoms with Gasteiger partial charge < -0.3 is 19.5 Å². The Balaban J connectivity index is 1.46. The molecule has 0 aromatic heterocycles. The van der Waals surface area contributed by atoms with Gasteiger partial charge in [0.25, 0.3) is 5.91 Å². The Labute approximate surface area is 154 Å². The molecule has 0 saturated carbocycles. The normalized spacial score (nSPS) is 16.3. The molecule has 1 amide bonds. The average molecular weight is 355 g/mol. The van der Waals surface area contributed by atoms with Crippen molar-refractivity contribution in [3.8, 4) is 11.5 Å². The summed E-state index contributed by atoms with van der Waals surface area (Å²) in [6.45, 7) is 5.30. The molecule has 0 bridgehead atoms. The minimum absolute atomic E-state index is 0.0248. The lowest BCUT2D eigenvalue weighted by molar-refractivity contribution is -0.118. The molecule has 1 aliphatic rings. The zero-order valence-corrected chi connectivity index (χ0v) is 15.3. The molecule has 0 aliphatic carbocycles. The number of hydrogen-bond acceptors (Lipinski definition) is 4. The summed E-state index contributed by atoms with van der Waals surface area (Å²) in [7, 11) is 0. The highest BCUT2D eigenvalue weighted by molar-refractivity contribution is 5.91. The number of hydrogen-bond donors (Lipinski definition) is 1. The highest BCUT2D eigenvalue weighted by Gasteiger charge is 2.16. The first-order valence-electron chi connectivity index (χ1n) is 8.95. The fourth-order valence-electron chi connectivity index (χ4n) is 2.96. The number of nitrogens with one attached hydrogen (secondary N) is 1. The van der Waals surface area contributed by atoms with Crippen LogP contribution < -0.4 is 14.8 Å². The first-order valence-corrected chi connectivity index (χ1v) is 8.95. The second kappa shape index (κ2) is 8.72. The van der Waals surface area contributed by atoms with Gasteiger partial charge in [-0.05, 0) is 62.1 Å². The van der Waals surface area contributed by atoms with Crippen molar-refractivity contribution in [1.82, 2.24) is 0 Å². The molecule has 5 heteroatoms. The molecule has 1 saturated heterocycles. The van der Waals surface area contributed by atoms with Crippen molar-refractivity contribution >= 4 is 11.6 Å². The molecule has 2 aromatic rings. The fraction of sp³-hybridized carbons (Fsp3) is 0.381. The van der Waals surface area contributed by atoms with Crippen LogP contribution in [0.3, 0.4) is 0 Å². The van der Waals surface area contributed by atoms with E-state index in [-0.39, 0.29) is 18.6 Å². The molecule has 1 fully saturated rings. The van der Waals surface area contributed by atoms with Gasteiger partial charge in [0.2, 0.25) is 0 Å². The summed E-state index contributed by atoms with van der Waals surface area (Å²) in [5, 5.41) is 2.83. The lowest BCUT2D eigenvalue weighted by atomic mass is 10.1. The Bertz CT molecular complexity index is 716. The standard InChI is InChI=1S/C21H25NO4/c1-15-5-3-6-16(2)21(15)26-14-20(23)22-17-8-10-18(11-9-17)25-13-19-7-4-12-24-19/h3,5-6,8-11,19H,4,7,12-14H2,1-2H3,(H,22,23)/t19-/m0/s1. The molecule has 3 rings (SSSR count). The third-order valence-corrected chi connectivity index (χ3v) is 4.35. The van der Waals surface area contributed by atoms with Crippen molar-refractivity contribution < 1.29 is 19.0 Å². The third kappa shape index (κ3) is 4.99. The molecule has 0 spiro atoms. The predicted molar refractivity (Wildman–Crippen MR) is 101 cm³/mol. The topological polar surface area (TPSA) is 56.8 Å². The first-order chi connectivity index (χ1) is 12.6. The lowest BCUT2D eigenvalue weighted by Crippen LogP contribution is -2.20. The number of ether oxygens (including phenoxy) is 3. The van der Waals surface area contributed by atoms with E-state index in [0.717, 1.165) is 42.1 Å². The van der Waals surface area contributed by atoms with Crippen LogP contribution in [0.5, 0.6) is 11.5 Å². The van der Waals surface area contributed by atoms with Crippen molar-refractivity contribution in [2.24, 2.45) is 0 Å². The summed E-state index contributed by atoms with van der Waals surface area (Å²) in [6, 6.07) is 13.2. The highest BCUT2D eigenvalue weighted by Crippen LogP contribution is 2.22. The Kier molecular flexibility index (Phi) is 6.12. The van der Waals surface area contributed by atoms with E-state index in [4.69, 9.17) is 14.2 Å². The maximum Gasteiger partial charge on any atom is 0.262 e. The van der Waals surface area contributed by atoms with Crippen LogP contribution in [-0.4, -0.2) is 31.8 Å². The summed E-state index contributed by atoms with van der Waals surface area (Å²) in [5.74, 6) is 1.34. The van der Waals surface area contributed by atoms with E-state index < -0.39 is 0 Å². The first kappa shape index (κ1) is 18.3. The Hall–Kier alpha value is -2.53. The monoisotopic (exact) mass is 355 g/mol. The molecule has 2 aromatic carbocycles. The van der Waals surface area contributed by atoms with Crippen LogP contribution in [0.2, 0.25) is 0 Å². The summed E-state index contributed by atoms with van der Waals surface area (Å²) >= 11 is 0. The molecule has 0 radical (unpaired) electrons. The van der Waals surface area contributed by atoms with Gasteiger partial charge >= 0.3 is 0 Å². The molecule has 1 heterocycles. The minimum Gasteiger partial charge on any atom is -0.491 e. The van der Waals surface area contributed by atoms with Gasteiger partial charge in [0.05, 0.1) is 6.10 Å². The molecule has 1 N–H and O–H groups in total. The highest BCUT2D eigenvalue weighted by atomic mass is 16.5. The van der Waals surface area contributed by atoms with Crippen molar-refractivity contribution in [1.29, 1.82) is 0 Å². The number of carbonyl (C=O) groups excluding carboxylic acids is 1. The number of rotatable bonds is 7.